The molecule has 1 heterocycles. The molecule has 0 saturated heterocycles. The second kappa shape index (κ2) is 6.99. The Balaban J connectivity index is 1.68. The summed E-state index contributed by atoms with van der Waals surface area (Å²) in [5, 5.41) is 4.82. The van der Waals surface area contributed by atoms with Gasteiger partial charge in [0.05, 0.1) is 5.75 Å². The number of rotatable bonds is 4. The van der Waals surface area contributed by atoms with Crippen molar-refractivity contribution in [1.29, 1.82) is 0 Å². The molecule has 0 saturated carbocycles. The fourth-order valence-electron chi connectivity index (χ4n) is 2.23. The molecule has 0 atom stereocenters. The van der Waals surface area contributed by atoms with E-state index in [2.05, 4.69) is 43.0 Å². The molecule has 0 spiro atoms. The van der Waals surface area contributed by atoms with Crippen molar-refractivity contribution in [3.63, 3.8) is 0 Å². The molecule has 3 aromatic rings. The summed E-state index contributed by atoms with van der Waals surface area (Å²) in [6.45, 7) is 6.59. The van der Waals surface area contributed by atoms with Gasteiger partial charge in [-0.25, -0.2) is 0 Å². The molecule has 2 aromatic carbocycles. The fourth-order valence-corrected chi connectivity index (χ4v) is 3.09. The van der Waals surface area contributed by atoms with Crippen molar-refractivity contribution < 1.29 is 4.52 Å². The van der Waals surface area contributed by atoms with E-state index in [1.807, 2.05) is 36.4 Å². The summed E-state index contributed by atoms with van der Waals surface area (Å²) in [4.78, 5) is 5.60. The Labute approximate surface area is 151 Å². The molecule has 5 heteroatoms. The normalized spacial score (nSPS) is 11.7. The zero-order valence-corrected chi connectivity index (χ0v) is 15.5. The zero-order valence-electron chi connectivity index (χ0n) is 13.9. The van der Waals surface area contributed by atoms with E-state index in [1.54, 1.807) is 11.8 Å². The largest absolute Gasteiger partial charge is 0.338 e. The monoisotopic (exact) mass is 358 g/mol. The number of hydrogen-bond acceptors (Lipinski definition) is 4. The van der Waals surface area contributed by atoms with Gasteiger partial charge in [0.1, 0.15) is 0 Å². The van der Waals surface area contributed by atoms with Crippen LogP contribution in [0.4, 0.5) is 0 Å². The van der Waals surface area contributed by atoms with Gasteiger partial charge in [0.25, 0.3) is 0 Å². The number of nitrogens with zero attached hydrogens (tertiary/aromatic N) is 2. The molecule has 0 amide bonds. The number of aromatic nitrogens is 2. The lowest BCUT2D eigenvalue weighted by Crippen LogP contribution is -2.10. The van der Waals surface area contributed by atoms with E-state index >= 15 is 0 Å². The molecule has 3 rings (SSSR count). The van der Waals surface area contributed by atoms with Gasteiger partial charge in [-0.3, -0.25) is 0 Å². The third kappa shape index (κ3) is 4.19. The highest BCUT2D eigenvalue weighted by atomic mass is 35.5. The highest BCUT2D eigenvalue weighted by Gasteiger charge is 2.14. The Morgan fingerprint density at radius 3 is 2.29 bits per heavy atom. The van der Waals surface area contributed by atoms with Crippen molar-refractivity contribution in [3.8, 4) is 11.4 Å². The summed E-state index contributed by atoms with van der Waals surface area (Å²) in [7, 11) is 0. The molecular formula is C19H19ClN2OS. The number of benzene rings is 2. The fraction of sp³-hybridized carbons (Fsp3) is 0.263. The third-order valence-electron chi connectivity index (χ3n) is 3.65. The molecule has 24 heavy (non-hydrogen) atoms. The second-order valence-corrected chi connectivity index (χ2v) is 8.07. The standard InChI is InChI=1S/C19H19ClN2OS/c1-19(2,3)14-6-4-13(5-7-14)18-21-17(23-22-18)12-24-16-10-8-15(20)9-11-16/h4-11H,12H2,1-3H3. The maximum absolute atomic E-state index is 5.89. The zero-order chi connectivity index (χ0) is 17.2. The second-order valence-electron chi connectivity index (χ2n) is 6.58. The average Bonchev–Trinajstić information content (AvgIpc) is 3.03. The number of thioether (sulfide) groups is 1. The van der Waals surface area contributed by atoms with Crippen molar-refractivity contribution in [2.75, 3.05) is 0 Å². The number of hydrogen-bond donors (Lipinski definition) is 0. The van der Waals surface area contributed by atoms with Gasteiger partial charge in [0.15, 0.2) is 0 Å². The van der Waals surface area contributed by atoms with Crippen LogP contribution in [-0.4, -0.2) is 10.1 Å². The van der Waals surface area contributed by atoms with Crippen molar-refractivity contribution >= 4 is 23.4 Å². The predicted octanol–water partition coefficient (Wildman–Crippen LogP) is 5.98. The Morgan fingerprint density at radius 1 is 1.00 bits per heavy atom. The van der Waals surface area contributed by atoms with Gasteiger partial charge in [-0.1, -0.05) is 61.8 Å². The van der Waals surface area contributed by atoms with Crippen LogP contribution in [0.5, 0.6) is 0 Å². The van der Waals surface area contributed by atoms with E-state index in [0.717, 1.165) is 15.5 Å². The SMILES string of the molecule is CC(C)(C)c1ccc(-c2noc(CSc3ccc(Cl)cc3)n2)cc1. The molecule has 0 aliphatic carbocycles. The first-order chi connectivity index (χ1) is 11.4. The highest BCUT2D eigenvalue weighted by molar-refractivity contribution is 7.98. The minimum atomic E-state index is 0.135. The first-order valence-corrected chi connectivity index (χ1v) is 9.10. The van der Waals surface area contributed by atoms with E-state index in [9.17, 15) is 0 Å². The van der Waals surface area contributed by atoms with Crippen molar-refractivity contribution in [2.45, 2.75) is 36.8 Å². The van der Waals surface area contributed by atoms with Gasteiger partial charge in [0, 0.05) is 15.5 Å². The minimum Gasteiger partial charge on any atom is -0.338 e. The molecule has 3 nitrogen and oxygen atoms in total. The molecule has 0 fully saturated rings. The minimum absolute atomic E-state index is 0.135. The first-order valence-electron chi connectivity index (χ1n) is 7.74. The summed E-state index contributed by atoms with van der Waals surface area (Å²) >= 11 is 7.53. The van der Waals surface area contributed by atoms with Crippen molar-refractivity contribution in [2.24, 2.45) is 0 Å². The topological polar surface area (TPSA) is 38.9 Å². The van der Waals surface area contributed by atoms with Crippen LogP contribution in [0, 0.1) is 0 Å². The average molecular weight is 359 g/mol. The molecular weight excluding hydrogens is 340 g/mol. The van der Waals surface area contributed by atoms with Crippen LogP contribution in [0.25, 0.3) is 11.4 Å². The van der Waals surface area contributed by atoms with Gasteiger partial charge < -0.3 is 4.52 Å². The lowest BCUT2D eigenvalue weighted by molar-refractivity contribution is 0.391. The van der Waals surface area contributed by atoms with Gasteiger partial charge in [-0.15, -0.1) is 11.8 Å². The lowest BCUT2D eigenvalue weighted by Gasteiger charge is -2.18. The van der Waals surface area contributed by atoms with E-state index < -0.39 is 0 Å². The summed E-state index contributed by atoms with van der Waals surface area (Å²) in [6.07, 6.45) is 0. The summed E-state index contributed by atoms with van der Waals surface area (Å²) < 4.78 is 5.35. The van der Waals surface area contributed by atoms with Crippen LogP contribution in [0.15, 0.2) is 57.9 Å². The van der Waals surface area contributed by atoms with Gasteiger partial charge >= 0.3 is 0 Å². The first kappa shape index (κ1) is 17.1. The van der Waals surface area contributed by atoms with Crippen LogP contribution in [0.2, 0.25) is 5.02 Å². The van der Waals surface area contributed by atoms with Gasteiger partial charge in [0.2, 0.25) is 11.7 Å². The maximum Gasteiger partial charge on any atom is 0.237 e. The van der Waals surface area contributed by atoms with Gasteiger partial charge in [-0.05, 0) is 35.2 Å². The van der Waals surface area contributed by atoms with Gasteiger partial charge in [-0.2, -0.15) is 4.98 Å². The molecule has 0 unspecified atom stereocenters. The van der Waals surface area contributed by atoms with Crippen LogP contribution in [0.1, 0.15) is 32.2 Å². The summed E-state index contributed by atoms with van der Waals surface area (Å²) in [5.41, 5.74) is 2.39. The summed E-state index contributed by atoms with van der Waals surface area (Å²) in [6, 6.07) is 16.0. The van der Waals surface area contributed by atoms with Crippen molar-refractivity contribution in [3.05, 3.63) is 65.0 Å². The Morgan fingerprint density at radius 2 is 1.67 bits per heavy atom. The van der Waals surface area contributed by atoms with Crippen LogP contribution < -0.4 is 0 Å². The predicted molar refractivity (Wildman–Crippen MR) is 99.4 cm³/mol. The summed E-state index contributed by atoms with van der Waals surface area (Å²) in [5.74, 6) is 1.88. The lowest BCUT2D eigenvalue weighted by atomic mass is 9.87. The van der Waals surface area contributed by atoms with Crippen LogP contribution in [-0.2, 0) is 11.2 Å². The molecule has 1 aromatic heterocycles. The molecule has 0 aliphatic rings. The Kier molecular flexibility index (Phi) is 4.97. The van der Waals surface area contributed by atoms with E-state index in [1.165, 1.54) is 5.56 Å². The Hall–Kier alpha value is -1.78. The van der Waals surface area contributed by atoms with E-state index in [-0.39, 0.29) is 5.41 Å². The molecule has 0 aliphatic heterocycles. The molecule has 0 N–H and O–H groups in total. The van der Waals surface area contributed by atoms with E-state index in [0.29, 0.717) is 17.5 Å². The smallest absolute Gasteiger partial charge is 0.237 e. The molecule has 0 bridgehead atoms. The van der Waals surface area contributed by atoms with E-state index in [4.69, 9.17) is 16.1 Å². The highest BCUT2D eigenvalue weighted by Crippen LogP contribution is 2.27. The molecule has 0 radical (unpaired) electrons. The Bertz CT molecular complexity index is 805. The quantitative estimate of drug-likeness (QED) is 0.538. The maximum atomic E-state index is 5.89. The number of halogens is 1. The van der Waals surface area contributed by atoms with Crippen LogP contribution in [0.3, 0.4) is 0 Å². The third-order valence-corrected chi connectivity index (χ3v) is 4.90. The van der Waals surface area contributed by atoms with Crippen LogP contribution >= 0.6 is 23.4 Å². The van der Waals surface area contributed by atoms with Crippen molar-refractivity contribution in [1.82, 2.24) is 10.1 Å². The molecule has 124 valence electrons.